The van der Waals surface area contributed by atoms with Gasteiger partial charge in [0.1, 0.15) is 0 Å². The Morgan fingerprint density at radius 1 is 1.32 bits per heavy atom. The number of benzene rings is 1. The Bertz CT molecular complexity index is 702. The van der Waals surface area contributed by atoms with E-state index in [1.165, 1.54) is 12.4 Å². The van der Waals surface area contributed by atoms with Crippen molar-refractivity contribution < 1.29 is 18.1 Å². The average Bonchev–Trinajstić information content (AvgIpc) is 2.47. The highest BCUT2D eigenvalue weighted by molar-refractivity contribution is 5.79. The minimum atomic E-state index is -4.74. The van der Waals surface area contributed by atoms with Crippen LogP contribution in [0.1, 0.15) is 11.1 Å². The van der Waals surface area contributed by atoms with Gasteiger partial charge >= 0.3 is 6.18 Å². The van der Waals surface area contributed by atoms with Crippen molar-refractivity contribution in [3.63, 3.8) is 0 Å². The van der Waals surface area contributed by atoms with Gasteiger partial charge in [-0.15, -0.1) is 0 Å². The summed E-state index contributed by atoms with van der Waals surface area (Å²) >= 11 is 0. The van der Waals surface area contributed by atoms with E-state index in [2.05, 4.69) is 15.5 Å². The normalized spacial score (nSPS) is 11.6. The number of nitrogens with one attached hydrogen (secondary N) is 1. The summed E-state index contributed by atoms with van der Waals surface area (Å²) < 4.78 is 38.8. The zero-order valence-corrected chi connectivity index (χ0v) is 10.9. The summed E-state index contributed by atoms with van der Waals surface area (Å²) in [5, 5.41) is 14.2. The molecule has 0 saturated carbocycles. The Hall–Kier alpha value is -2.97. The van der Waals surface area contributed by atoms with Gasteiger partial charge in [-0.3, -0.25) is 20.5 Å². The molecule has 0 radical (unpaired) electrons. The zero-order chi connectivity index (χ0) is 16.2. The van der Waals surface area contributed by atoms with Crippen molar-refractivity contribution in [3.05, 3.63) is 64.0 Å². The SMILES string of the molecule is O=[N+]([O-])c1ccc(N/N=C/c2cccnc2)c(C(F)(F)F)c1. The molecule has 0 fully saturated rings. The molecule has 0 bridgehead atoms. The third-order valence-electron chi connectivity index (χ3n) is 2.60. The van der Waals surface area contributed by atoms with Crippen molar-refractivity contribution in [2.75, 3.05) is 5.43 Å². The summed E-state index contributed by atoms with van der Waals surface area (Å²) in [5.74, 6) is 0. The molecule has 1 aromatic carbocycles. The van der Waals surface area contributed by atoms with Crippen LogP contribution < -0.4 is 5.43 Å². The number of anilines is 1. The minimum absolute atomic E-state index is 0.377. The Balaban J connectivity index is 2.27. The van der Waals surface area contributed by atoms with Crippen molar-refractivity contribution in [2.24, 2.45) is 5.10 Å². The van der Waals surface area contributed by atoms with Crippen molar-refractivity contribution in [1.29, 1.82) is 0 Å². The fraction of sp³-hybridized carbons (Fsp3) is 0.0769. The van der Waals surface area contributed by atoms with Crippen LogP contribution in [-0.4, -0.2) is 16.1 Å². The van der Waals surface area contributed by atoms with Crippen molar-refractivity contribution in [2.45, 2.75) is 6.18 Å². The van der Waals surface area contributed by atoms with Crippen LogP contribution in [0.4, 0.5) is 24.5 Å². The smallest absolute Gasteiger partial charge is 0.278 e. The van der Waals surface area contributed by atoms with Gasteiger partial charge in [-0.05, 0) is 12.1 Å². The third-order valence-corrected chi connectivity index (χ3v) is 2.60. The minimum Gasteiger partial charge on any atom is -0.278 e. The first-order chi connectivity index (χ1) is 10.4. The second-order valence-electron chi connectivity index (χ2n) is 4.14. The maximum Gasteiger partial charge on any atom is 0.418 e. The summed E-state index contributed by atoms with van der Waals surface area (Å²) in [6.07, 6.45) is -0.429. The van der Waals surface area contributed by atoms with Crippen LogP contribution in [0.2, 0.25) is 0 Å². The molecule has 0 aliphatic heterocycles. The number of hydrogen-bond acceptors (Lipinski definition) is 5. The molecule has 114 valence electrons. The number of pyridine rings is 1. The van der Waals surface area contributed by atoms with Gasteiger partial charge in [0.2, 0.25) is 0 Å². The lowest BCUT2D eigenvalue weighted by Crippen LogP contribution is -2.09. The number of hydrogen-bond donors (Lipinski definition) is 1. The fourth-order valence-electron chi connectivity index (χ4n) is 1.61. The fourth-order valence-corrected chi connectivity index (χ4v) is 1.61. The molecule has 22 heavy (non-hydrogen) atoms. The average molecular weight is 310 g/mol. The van der Waals surface area contributed by atoms with E-state index in [0.29, 0.717) is 11.6 Å². The van der Waals surface area contributed by atoms with E-state index in [9.17, 15) is 23.3 Å². The summed E-state index contributed by atoms with van der Waals surface area (Å²) in [7, 11) is 0. The maximum absolute atomic E-state index is 12.9. The van der Waals surface area contributed by atoms with Crippen LogP contribution in [0.25, 0.3) is 0 Å². The van der Waals surface area contributed by atoms with E-state index in [1.807, 2.05) is 0 Å². The molecule has 0 saturated heterocycles. The lowest BCUT2D eigenvalue weighted by Gasteiger charge is -2.11. The van der Waals surface area contributed by atoms with Crippen molar-refractivity contribution in [1.82, 2.24) is 4.98 Å². The lowest BCUT2D eigenvalue weighted by atomic mass is 10.1. The van der Waals surface area contributed by atoms with Crippen LogP contribution in [-0.2, 0) is 6.18 Å². The molecule has 0 aliphatic carbocycles. The van der Waals surface area contributed by atoms with Crippen molar-refractivity contribution in [3.8, 4) is 0 Å². The third kappa shape index (κ3) is 3.78. The van der Waals surface area contributed by atoms with Gasteiger partial charge in [0, 0.05) is 30.1 Å². The van der Waals surface area contributed by atoms with Gasteiger partial charge in [0.25, 0.3) is 5.69 Å². The van der Waals surface area contributed by atoms with Crippen LogP contribution in [0, 0.1) is 10.1 Å². The largest absolute Gasteiger partial charge is 0.418 e. The summed E-state index contributed by atoms with van der Waals surface area (Å²) in [6, 6.07) is 5.70. The molecule has 0 atom stereocenters. The van der Waals surface area contributed by atoms with E-state index in [4.69, 9.17) is 0 Å². The number of nitro benzene ring substituents is 1. The maximum atomic E-state index is 12.9. The molecular formula is C13H9F3N4O2. The number of aromatic nitrogens is 1. The molecule has 0 amide bonds. The number of rotatable bonds is 4. The summed E-state index contributed by atoms with van der Waals surface area (Å²) in [4.78, 5) is 13.5. The molecule has 0 aliphatic rings. The van der Waals surface area contributed by atoms with E-state index >= 15 is 0 Å². The van der Waals surface area contributed by atoms with Gasteiger partial charge in [-0.25, -0.2) is 0 Å². The van der Waals surface area contributed by atoms with E-state index in [0.717, 1.165) is 12.1 Å². The molecule has 9 heteroatoms. The first kappa shape index (κ1) is 15.4. The van der Waals surface area contributed by atoms with Gasteiger partial charge in [-0.1, -0.05) is 6.07 Å². The van der Waals surface area contributed by atoms with Crippen molar-refractivity contribution >= 4 is 17.6 Å². The summed E-state index contributed by atoms with van der Waals surface area (Å²) in [5.41, 5.74) is 0.639. The topological polar surface area (TPSA) is 80.4 Å². The summed E-state index contributed by atoms with van der Waals surface area (Å²) in [6.45, 7) is 0. The lowest BCUT2D eigenvalue weighted by molar-refractivity contribution is -0.385. The Kier molecular flexibility index (Phi) is 4.35. The van der Waals surface area contributed by atoms with Gasteiger partial charge < -0.3 is 0 Å². The Labute approximate surface area is 122 Å². The second-order valence-corrected chi connectivity index (χ2v) is 4.14. The standard InChI is InChI=1S/C13H9F3N4O2/c14-13(15,16)11-6-10(20(21)22)3-4-12(11)19-18-8-9-2-1-5-17-7-9/h1-8,19H/b18-8+. The van der Waals surface area contributed by atoms with Crippen LogP contribution in [0.3, 0.4) is 0 Å². The predicted molar refractivity (Wildman–Crippen MR) is 73.6 cm³/mol. The van der Waals surface area contributed by atoms with Gasteiger partial charge in [0.05, 0.1) is 22.4 Å². The highest BCUT2D eigenvalue weighted by Gasteiger charge is 2.35. The zero-order valence-electron chi connectivity index (χ0n) is 10.9. The predicted octanol–water partition coefficient (Wildman–Crippen LogP) is 3.45. The van der Waals surface area contributed by atoms with Crippen LogP contribution in [0.15, 0.2) is 47.8 Å². The molecule has 6 nitrogen and oxygen atoms in total. The monoisotopic (exact) mass is 310 g/mol. The molecule has 1 aromatic heterocycles. The molecule has 1 heterocycles. The second kappa shape index (κ2) is 6.20. The number of non-ortho nitro benzene ring substituents is 1. The first-order valence-electron chi connectivity index (χ1n) is 5.92. The van der Waals surface area contributed by atoms with E-state index in [1.54, 1.807) is 18.3 Å². The highest BCUT2D eigenvalue weighted by Crippen LogP contribution is 2.37. The molecular weight excluding hydrogens is 301 g/mol. The van der Waals surface area contributed by atoms with E-state index < -0.39 is 22.4 Å². The van der Waals surface area contributed by atoms with Crippen LogP contribution >= 0.6 is 0 Å². The van der Waals surface area contributed by atoms with Gasteiger partial charge in [0.15, 0.2) is 0 Å². The Morgan fingerprint density at radius 3 is 2.68 bits per heavy atom. The number of nitrogens with zero attached hydrogens (tertiary/aromatic N) is 3. The number of halogens is 3. The molecule has 0 spiro atoms. The number of hydrazone groups is 1. The first-order valence-corrected chi connectivity index (χ1v) is 5.92. The van der Waals surface area contributed by atoms with Crippen LogP contribution in [0.5, 0.6) is 0 Å². The number of alkyl halides is 3. The highest BCUT2D eigenvalue weighted by atomic mass is 19.4. The van der Waals surface area contributed by atoms with E-state index in [-0.39, 0.29) is 5.69 Å². The van der Waals surface area contributed by atoms with Gasteiger partial charge in [-0.2, -0.15) is 18.3 Å². The Morgan fingerprint density at radius 2 is 2.09 bits per heavy atom. The molecule has 2 rings (SSSR count). The molecule has 2 aromatic rings. The quantitative estimate of drug-likeness (QED) is 0.533. The molecule has 0 unspecified atom stereocenters. The number of nitro groups is 1. The molecule has 1 N–H and O–H groups in total.